The summed E-state index contributed by atoms with van der Waals surface area (Å²) < 4.78 is 26.7. The number of hydrogen-bond acceptors (Lipinski definition) is 4. The van der Waals surface area contributed by atoms with E-state index in [4.69, 9.17) is 0 Å². The molecule has 0 aliphatic carbocycles. The molecule has 2 rings (SSSR count). The van der Waals surface area contributed by atoms with E-state index in [0.29, 0.717) is 10.9 Å². The minimum Gasteiger partial charge on any atom is -0.373 e. The Morgan fingerprint density at radius 2 is 2.00 bits per heavy atom. The van der Waals surface area contributed by atoms with Gasteiger partial charge in [-0.25, -0.2) is 13.1 Å². The van der Waals surface area contributed by atoms with Crippen LogP contribution in [0.1, 0.15) is 26.7 Å². The van der Waals surface area contributed by atoms with Crippen LogP contribution >= 0.6 is 0 Å². The second kappa shape index (κ2) is 6.77. The van der Waals surface area contributed by atoms with Crippen LogP contribution in [0.2, 0.25) is 0 Å². The van der Waals surface area contributed by atoms with Crippen LogP contribution in [0.4, 0.5) is 5.69 Å². The Balaban J connectivity index is 2.04. The summed E-state index contributed by atoms with van der Waals surface area (Å²) in [7, 11) is -1.37. The van der Waals surface area contributed by atoms with E-state index in [0.717, 1.165) is 18.8 Å². The van der Waals surface area contributed by atoms with Crippen LogP contribution in [0.15, 0.2) is 29.2 Å². The first-order valence-corrected chi connectivity index (χ1v) is 8.94. The molecule has 1 saturated heterocycles. The van der Waals surface area contributed by atoms with Crippen molar-refractivity contribution < 1.29 is 8.42 Å². The van der Waals surface area contributed by atoms with Gasteiger partial charge in [0.15, 0.2) is 0 Å². The quantitative estimate of drug-likeness (QED) is 0.837. The van der Waals surface area contributed by atoms with Gasteiger partial charge in [0.25, 0.3) is 0 Å². The fourth-order valence-corrected chi connectivity index (χ4v) is 3.86. The Morgan fingerprint density at radius 1 is 1.33 bits per heavy atom. The van der Waals surface area contributed by atoms with Crippen molar-refractivity contribution in [3.05, 3.63) is 24.3 Å². The van der Waals surface area contributed by atoms with E-state index in [9.17, 15) is 8.42 Å². The average molecular weight is 311 g/mol. The van der Waals surface area contributed by atoms with Crippen molar-refractivity contribution in [3.8, 4) is 0 Å². The first-order chi connectivity index (χ1) is 9.88. The fourth-order valence-electron chi connectivity index (χ4n) is 2.61. The first kappa shape index (κ1) is 16.3. The second-order valence-electron chi connectivity index (χ2n) is 5.94. The van der Waals surface area contributed by atoms with E-state index in [1.165, 1.54) is 12.8 Å². The number of nitrogens with one attached hydrogen (secondary N) is 2. The van der Waals surface area contributed by atoms with Gasteiger partial charge < -0.3 is 10.2 Å². The van der Waals surface area contributed by atoms with Crippen LogP contribution in [0.3, 0.4) is 0 Å². The van der Waals surface area contributed by atoms with Crippen LogP contribution in [-0.4, -0.2) is 40.6 Å². The van der Waals surface area contributed by atoms with E-state index >= 15 is 0 Å². The minimum absolute atomic E-state index is 0.106. The van der Waals surface area contributed by atoms with Crippen LogP contribution in [0, 0.1) is 0 Å². The van der Waals surface area contributed by atoms with Gasteiger partial charge >= 0.3 is 0 Å². The third kappa shape index (κ3) is 4.43. The molecule has 1 aliphatic rings. The van der Waals surface area contributed by atoms with Gasteiger partial charge in [-0.15, -0.1) is 0 Å². The molecule has 0 bridgehead atoms. The summed E-state index contributed by atoms with van der Waals surface area (Å²) in [6.45, 7) is 5.66. The fraction of sp³-hybridized carbons (Fsp3) is 0.600. The number of benzene rings is 1. The van der Waals surface area contributed by atoms with Gasteiger partial charge in [-0.1, -0.05) is 0 Å². The van der Waals surface area contributed by atoms with Crippen molar-refractivity contribution in [1.29, 1.82) is 0 Å². The van der Waals surface area contributed by atoms with Crippen molar-refractivity contribution in [3.63, 3.8) is 0 Å². The highest BCUT2D eigenvalue weighted by Gasteiger charge is 2.18. The maximum atomic E-state index is 12.1. The smallest absolute Gasteiger partial charge is 0.240 e. The Labute approximate surface area is 127 Å². The largest absolute Gasteiger partial charge is 0.373 e. The molecule has 1 atom stereocenters. The average Bonchev–Trinajstić information content (AvgIpc) is 2.90. The highest BCUT2D eigenvalue weighted by atomic mass is 32.2. The molecule has 1 aromatic rings. The normalized spacial score (nSPS) is 19.1. The van der Waals surface area contributed by atoms with E-state index in [1.54, 1.807) is 12.1 Å². The molecule has 21 heavy (non-hydrogen) atoms. The molecule has 0 saturated carbocycles. The number of rotatable bonds is 6. The lowest BCUT2D eigenvalue weighted by molar-refractivity contribution is 0.570. The van der Waals surface area contributed by atoms with Gasteiger partial charge in [-0.05, 0) is 57.5 Å². The maximum absolute atomic E-state index is 12.1. The molecule has 0 aromatic heterocycles. The molecule has 2 N–H and O–H groups in total. The number of sulfonamides is 1. The summed E-state index contributed by atoms with van der Waals surface area (Å²) in [5.41, 5.74) is 1.03. The van der Waals surface area contributed by atoms with Gasteiger partial charge in [0.1, 0.15) is 0 Å². The Bertz CT molecular complexity index is 549. The monoisotopic (exact) mass is 311 g/mol. The molecule has 1 fully saturated rings. The molecule has 0 radical (unpaired) electrons. The predicted molar refractivity (Wildman–Crippen MR) is 86.2 cm³/mol. The molecular formula is C15H25N3O2S. The van der Waals surface area contributed by atoms with Gasteiger partial charge in [0, 0.05) is 31.4 Å². The Hall–Kier alpha value is -1.11. The van der Waals surface area contributed by atoms with Crippen molar-refractivity contribution in [1.82, 2.24) is 10.0 Å². The predicted octanol–water partition coefficient (Wildman–Crippen LogP) is 1.56. The number of anilines is 1. The lowest BCUT2D eigenvalue weighted by atomic mass is 10.2. The number of nitrogens with zero attached hydrogens (tertiary/aromatic N) is 1. The van der Waals surface area contributed by atoms with E-state index in [1.807, 2.05) is 33.0 Å². The summed E-state index contributed by atoms with van der Waals surface area (Å²) in [5.74, 6) is 0. The molecule has 1 heterocycles. The second-order valence-corrected chi connectivity index (χ2v) is 7.66. The van der Waals surface area contributed by atoms with E-state index in [2.05, 4.69) is 14.9 Å². The third-order valence-electron chi connectivity index (χ3n) is 3.64. The van der Waals surface area contributed by atoms with Crippen LogP contribution in [0.25, 0.3) is 0 Å². The van der Waals surface area contributed by atoms with E-state index in [-0.39, 0.29) is 6.04 Å². The zero-order valence-electron chi connectivity index (χ0n) is 13.0. The van der Waals surface area contributed by atoms with Gasteiger partial charge in [-0.3, -0.25) is 0 Å². The minimum atomic E-state index is -3.41. The summed E-state index contributed by atoms with van der Waals surface area (Å²) in [4.78, 5) is 2.47. The highest BCUT2D eigenvalue weighted by molar-refractivity contribution is 7.89. The first-order valence-electron chi connectivity index (χ1n) is 7.45. The summed E-state index contributed by atoms with van der Waals surface area (Å²) >= 11 is 0. The maximum Gasteiger partial charge on any atom is 0.240 e. The topological polar surface area (TPSA) is 61.4 Å². The van der Waals surface area contributed by atoms with Crippen molar-refractivity contribution in [2.75, 3.05) is 25.0 Å². The summed E-state index contributed by atoms with van der Waals surface area (Å²) in [6, 6.07) is 7.48. The number of likely N-dealkylation sites (N-methyl/N-ethyl adjacent to an activating group) is 1. The molecule has 1 aromatic carbocycles. The Morgan fingerprint density at radius 3 is 2.52 bits per heavy atom. The van der Waals surface area contributed by atoms with Gasteiger partial charge in [-0.2, -0.15) is 0 Å². The van der Waals surface area contributed by atoms with Crippen molar-refractivity contribution in [2.45, 2.75) is 43.7 Å². The standard InChI is InChI=1S/C15H25N3O2S/c1-12(2)17-21(19,20)15-8-6-14(7-9-15)18(3)11-13-5-4-10-16-13/h6-9,12-13,16-17H,4-5,10-11H2,1-3H3. The molecular weight excluding hydrogens is 286 g/mol. The van der Waals surface area contributed by atoms with Crippen LogP contribution < -0.4 is 14.9 Å². The van der Waals surface area contributed by atoms with Crippen LogP contribution in [0.5, 0.6) is 0 Å². The molecule has 118 valence electrons. The summed E-state index contributed by atoms with van der Waals surface area (Å²) in [5, 5.41) is 3.47. The molecule has 0 amide bonds. The van der Waals surface area contributed by atoms with Crippen molar-refractivity contribution >= 4 is 15.7 Å². The molecule has 6 heteroatoms. The van der Waals surface area contributed by atoms with Gasteiger partial charge in [0.05, 0.1) is 4.90 Å². The zero-order chi connectivity index (χ0) is 15.5. The molecule has 1 aliphatic heterocycles. The SMILES string of the molecule is CC(C)NS(=O)(=O)c1ccc(N(C)CC2CCCN2)cc1. The van der Waals surface area contributed by atoms with Crippen molar-refractivity contribution in [2.24, 2.45) is 0 Å². The number of hydrogen-bond donors (Lipinski definition) is 2. The molecule has 1 unspecified atom stereocenters. The lowest BCUT2D eigenvalue weighted by Crippen LogP contribution is -2.35. The van der Waals surface area contributed by atoms with Gasteiger partial charge in [0.2, 0.25) is 10.0 Å². The third-order valence-corrected chi connectivity index (χ3v) is 5.31. The molecule has 0 spiro atoms. The lowest BCUT2D eigenvalue weighted by Gasteiger charge is -2.23. The Kier molecular flexibility index (Phi) is 5.24. The van der Waals surface area contributed by atoms with Crippen LogP contribution in [-0.2, 0) is 10.0 Å². The summed E-state index contributed by atoms with van der Waals surface area (Å²) in [6.07, 6.45) is 2.44. The zero-order valence-corrected chi connectivity index (χ0v) is 13.8. The molecule has 5 nitrogen and oxygen atoms in total. The van der Waals surface area contributed by atoms with E-state index < -0.39 is 10.0 Å². The highest BCUT2D eigenvalue weighted by Crippen LogP contribution is 2.18.